The Labute approximate surface area is 142 Å². The maximum absolute atomic E-state index is 12.4. The SMILES string of the molecule is Cc1ccc(CNC(=O)C2CC(O)CN2C(=O)OC(C)(C)C)cc1. The van der Waals surface area contributed by atoms with E-state index in [4.69, 9.17) is 4.74 Å². The molecule has 2 rings (SSSR count). The van der Waals surface area contributed by atoms with Gasteiger partial charge in [0.25, 0.3) is 0 Å². The molecule has 0 saturated carbocycles. The van der Waals surface area contributed by atoms with E-state index in [2.05, 4.69) is 5.32 Å². The summed E-state index contributed by atoms with van der Waals surface area (Å²) in [4.78, 5) is 26.0. The Kier molecular flexibility index (Phi) is 5.49. The number of rotatable bonds is 3. The van der Waals surface area contributed by atoms with Crippen LogP contribution < -0.4 is 5.32 Å². The minimum Gasteiger partial charge on any atom is -0.444 e. The molecule has 1 aliphatic heterocycles. The third-order valence-corrected chi connectivity index (χ3v) is 3.80. The van der Waals surface area contributed by atoms with Crippen LogP contribution in [0.5, 0.6) is 0 Å². The lowest BCUT2D eigenvalue weighted by Crippen LogP contribution is -2.47. The van der Waals surface area contributed by atoms with Crippen LogP contribution in [0.25, 0.3) is 0 Å². The summed E-state index contributed by atoms with van der Waals surface area (Å²) in [7, 11) is 0. The predicted octanol–water partition coefficient (Wildman–Crippen LogP) is 1.98. The standard InChI is InChI=1S/C18H26N2O4/c1-12-5-7-13(8-6-12)10-19-16(22)15-9-14(21)11-20(15)17(23)24-18(2,3)4/h5-8,14-15,21H,9-11H2,1-4H3,(H,19,22). The molecule has 132 valence electrons. The van der Waals surface area contributed by atoms with Crippen LogP contribution in [0.4, 0.5) is 4.79 Å². The Hall–Kier alpha value is -2.08. The van der Waals surface area contributed by atoms with Crippen molar-refractivity contribution in [1.82, 2.24) is 10.2 Å². The van der Waals surface area contributed by atoms with Crippen LogP contribution in [-0.4, -0.2) is 46.3 Å². The summed E-state index contributed by atoms with van der Waals surface area (Å²) < 4.78 is 5.32. The largest absolute Gasteiger partial charge is 0.444 e. The van der Waals surface area contributed by atoms with Gasteiger partial charge in [0.1, 0.15) is 11.6 Å². The zero-order valence-electron chi connectivity index (χ0n) is 14.7. The molecule has 0 bridgehead atoms. The van der Waals surface area contributed by atoms with Gasteiger partial charge in [-0.25, -0.2) is 4.79 Å². The zero-order chi connectivity index (χ0) is 17.9. The van der Waals surface area contributed by atoms with Gasteiger partial charge in [0.15, 0.2) is 0 Å². The molecule has 6 nitrogen and oxygen atoms in total. The average Bonchev–Trinajstić information content (AvgIpc) is 2.87. The number of likely N-dealkylation sites (tertiary alicyclic amines) is 1. The molecular weight excluding hydrogens is 308 g/mol. The third kappa shape index (κ3) is 4.96. The normalized spacial score (nSPS) is 20.8. The molecular formula is C18H26N2O4. The number of β-amino-alcohol motifs (C(OH)–C–C–N with tert-alkyl or cyclic N) is 1. The second kappa shape index (κ2) is 7.21. The van der Waals surface area contributed by atoms with Crippen LogP contribution in [0, 0.1) is 6.92 Å². The van der Waals surface area contributed by atoms with Gasteiger partial charge in [-0.05, 0) is 33.3 Å². The topological polar surface area (TPSA) is 78.9 Å². The van der Waals surface area contributed by atoms with Gasteiger partial charge in [-0.2, -0.15) is 0 Å². The van der Waals surface area contributed by atoms with E-state index in [1.54, 1.807) is 20.8 Å². The highest BCUT2D eigenvalue weighted by Crippen LogP contribution is 2.21. The second-order valence-electron chi connectivity index (χ2n) is 7.24. The van der Waals surface area contributed by atoms with E-state index in [0.717, 1.165) is 11.1 Å². The molecule has 1 aromatic carbocycles. The molecule has 6 heteroatoms. The summed E-state index contributed by atoms with van der Waals surface area (Å²) in [5.74, 6) is -0.280. The lowest BCUT2D eigenvalue weighted by molar-refractivity contribution is -0.125. The molecule has 2 amide bonds. The van der Waals surface area contributed by atoms with Crippen molar-refractivity contribution in [3.8, 4) is 0 Å². The minimum atomic E-state index is -0.715. The van der Waals surface area contributed by atoms with E-state index in [1.807, 2.05) is 31.2 Å². The van der Waals surface area contributed by atoms with E-state index in [1.165, 1.54) is 4.90 Å². The summed E-state index contributed by atoms with van der Waals surface area (Å²) in [6.45, 7) is 7.80. The van der Waals surface area contributed by atoms with Gasteiger partial charge in [0, 0.05) is 13.0 Å². The fraction of sp³-hybridized carbons (Fsp3) is 0.556. The van der Waals surface area contributed by atoms with Crippen molar-refractivity contribution in [1.29, 1.82) is 0 Å². The first-order chi connectivity index (χ1) is 11.2. The second-order valence-corrected chi connectivity index (χ2v) is 7.24. The maximum Gasteiger partial charge on any atom is 0.411 e. The summed E-state index contributed by atoms with van der Waals surface area (Å²) in [5.41, 5.74) is 1.49. The quantitative estimate of drug-likeness (QED) is 0.886. The number of aliphatic hydroxyl groups is 1. The number of carbonyl (C=O) groups is 2. The smallest absolute Gasteiger partial charge is 0.411 e. The Morgan fingerprint density at radius 2 is 1.92 bits per heavy atom. The summed E-state index contributed by atoms with van der Waals surface area (Å²) >= 11 is 0. The molecule has 1 fully saturated rings. The van der Waals surface area contributed by atoms with Gasteiger partial charge in [-0.1, -0.05) is 29.8 Å². The van der Waals surface area contributed by atoms with Gasteiger partial charge < -0.3 is 15.2 Å². The lowest BCUT2D eigenvalue weighted by atomic mass is 10.1. The molecule has 0 radical (unpaired) electrons. The van der Waals surface area contributed by atoms with Crippen LogP contribution in [0.3, 0.4) is 0 Å². The number of benzene rings is 1. The molecule has 0 spiro atoms. The van der Waals surface area contributed by atoms with Gasteiger partial charge in [-0.3, -0.25) is 9.69 Å². The number of hydrogen-bond donors (Lipinski definition) is 2. The molecule has 1 aromatic rings. The van der Waals surface area contributed by atoms with Crippen LogP contribution in [-0.2, 0) is 16.1 Å². The maximum atomic E-state index is 12.4. The first-order valence-electron chi connectivity index (χ1n) is 8.16. The van der Waals surface area contributed by atoms with Crippen molar-refractivity contribution in [2.45, 2.75) is 58.4 Å². The summed E-state index contributed by atoms with van der Waals surface area (Å²) in [6.07, 6.45) is -1.07. The summed E-state index contributed by atoms with van der Waals surface area (Å²) in [6, 6.07) is 7.15. The minimum absolute atomic E-state index is 0.109. The number of ether oxygens (including phenoxy) is 1. The number of amides is 2. The Morgan fingerprint density at radius 3 is 2.50 bits per heavy atom. The molecule has 1 aliphatic rings. The van der Waals surface area contributed by atoms with E-state index >= 15 is 0 Å². The fourth-order valence-electron chi connectivity index (χ4n) is 2.60. The Bertz CT molecular complexity index is 592. The van der Waals surface area contributed by atoms with Crippen molar-refractivity contribution in [2.75, 3.05) is 6.54 Å². The molecule has 0 aliphatic carbocycles. The van der Waals surface area contributed by atoms with Crippen molar-refractivity contribution in [3.05, 3.63) is 35.4 Å². The molecule has 2 atom stereocenters. The zero-order valence-corrected chi connectivity index (χ0v) is 14.7. The number of hydrogen-bond acceptors (Lipinski definition) is 4. The molecule has 2 N–H and O–H groups in total. The van der Waals surface area contributed by atoms with Crippen LogP contribution in [0.1, 0.15) is 38.3 Å². The van der Waals surface area contributed by atoms with Gasteiger partial charge in [0.2, 0.25) is 5.91 Å². The lowest BCUT2D eigenvalue weighted by Gasteiger charge is -2.27. The van der Waals surface area contributed by atoms with Crippen LogP contribution in [0.2, 0.25) is 0 Å². The highest BCUT2D eigenvalue weighted by atomic mass is 16.6. The van der Waals surface area contributed by atoms with Gasteiger partial charge >= 0.3 is 6.09 Å². The van der Waals surface area contributed by atoms with E-state index in [9.17, 15) is 14.7 Å². The Balaban J connectivity index is 1.98. The van der Waals surface area contributed by atoms with Crippen molar-refractivity contribution in [3.63, 3.8) is 0 Å². The molecule has 2 unspecified atom stereocenters. The molecule has 0 aromatic heterocycles. The molecule has 1 saturated heterocycles. The Morgan fingerprint density at radius 1 is 1.29 bits per heavy atom. The number of aliphatic hydroxyl groups excluding tert-OH is 1. The number of nitrogens with zero attached hydrogens (tertiary/aromatic N) is 1. The number of carbonyl (C=O) groups excluding carboxylic acids is 2. The molecule has 24 heavy (non-hydrogen) atoms. The highest BCUT2D eigenvalue weighted by Gasteiger charge is 2.40. The molecule has 1 heterocycles. The van der Waals surface area contributed by atoms with Gasteiger partial charge in [-0.15, -0.1) is 0 Å². The number of aryl methyl sites for hydroxylation is 1. The average molecular weight is 334 g/mol. The van der Waals surface area contributed by atoms with Crippen molar-refractivity contribution < 1.29 is 19.4 Å². The third-order valence-electron chi connectivity index (χ3n) is 3.80. The summed E-state index contributed by atoms with van der Waals surface area (Å²) in [5, 5.41) is 12.7. The van der Waals surface area contributed by atoms with Crippen LogP contribution in [0.15, 0.2) is 24.3 Å². The van der Waals surface area contributed by atoms with Gasteiger partial charge in [0.05, 0.1) is 12.6 Å². The number of nitrogens with one attached hydrogen (secondary N) is 1. The monoisotopic (exact) mass is 334 g/mol. The first-order valence-corrected chi connectivity index (χ1v) is 8.16. The van der Waals surface area contributed by atoms with Crippen LogP contribution >= 0.6 is 0 Å². The van der Waals surface area contributed by atoms with Crippen molar-refractivity contribution in [2.24, 2.45) is 0 Å². The fourth-order valence-corrected chi connectivity index (χ4v) is 2.60. The first kappa shape index (κ1) is 18.3. The van der Waals surface area contributed by atoms with E-state index in [0.29, 0.717) is 6.54 Å². The highest BCUT2D eigenvalue weighted by molar-refractivity contribution is 5.86. The van der Waals surface area contributed by atoms with Crippen molar-refractivity contribution >= 4 is 12.0 Å². The van der Waals surface area contributed by atoms with E-state index in [-0.39, 0.29) is 18.9 Å². The van der Waals surface area contributed by atoms with E-state index < -0.39 is 23.8 Å². The predicted molar refractivity (Wildman–Crippen MR) is 90.4 cm³/mol.